The molecule has 0 saturated carbocycles. The summed E-state index contributed by atoms with van der Waals surface area (Å²) < 4.78 is 11.4. The predicted octanol–water partition coefficient (Wildman–Crippen LogP) is 3.19. The summed E-state index contributed by atoms with van der Waals surface area (Å²) in [6.45, 7) is 16.1. The van der Waals surface area contributed by atoms with E-state index in [1.54, 1.807) is 0 Å². The van der Waals surface area contributed by atoms with Crippen LogP contribution in [0.15, 0.2) is 29.3 Å². The van der Waals surface area contributed by atoms with Gasteiger partial charge < -0.3 is 25.0 Å². The van der Waals surface area contributed by atoms with Crippen LogP contribution >= 0.6 is 24.0 Å². The van der Waals surface area contributed by atoms with E-state index in [9.17, 15) is 0 Å². The molecule has 7 nitrogen and oxygen atoms in total. The summed E-state index contributed by atoms with van der Waals surface area (Å²) in [5.41, 5.74) is 1.18. The van der Waals surface area contributed by atoms with Crippen molar-refractivity contribution < 1.29 is 9.47 Å². The van der Waals surface area contributed by atoms with Crippen molar-refractivity contribution >= 4 is 29.9 Å². The van der Waals surface area contributed by atoms with Gasteiger partial charge in [-0.3, -0.25) is 9.89 Å². The van der Waals surface area contributed by atoms with Crippen LogP contribution in [0.3, 0.4) is 0 Å². The lowest BCUT2D eigenvalue weighted by Crippen LogP contribution is -2.42. The molecule has 0 spiro atoms. The standard InChI is InChI=1S/C24H43N5O2.HI/c1-5-28(6-2)12-8-9-21(3)27-24(25-4)26-20-22-10-7-11-23(19-22)31-18-15-29-13-16-30-17-14-29;/h7,10-11,19,21H,5-6,8-9,12-18,20H2,1-4H3,(H2,25,26,27);1H. The van der Waals surface area contributed by atoms with Gasteiger partial charge in [-0.15, -0.1) is 24.0 Å². The summed E-state index contributed by atoms with van der Waals surface area (Å²) in [4.78, 5) is 9.23. The molecule has 1 atom stereocenters. The zero-order chi connectivity index (χ0) is 22.3. The van der Waals surface area contributed by atoms with Crippen molar-refractivity contribution in [2.75, 3.05) is 66.1 Å². The van der Waals surface area contributed by atoms with Gasteiger partial charge in [-0.1, -0.05) is 26.0 Å². The predicted molar refractivity (Wildman–Crippen MR) is 144 cm³/mol. The first-order chi connectivity index (χ1) is 15.1. The van der Waals surface area contributed by atoms with Crippen molar-refractivity contribution in [2.45, 2.75) is 46.2 Å². The molecule has 8 heteroatoms. The van der Waals surface area contributed by atoms with Gasteiger partial charge in [-0.05, 0) is 57.1 Å². The summed E-state index contributed by atoms with van der Waals surface area (Å²) in [6.07, 6.45) is 2.32. The van der Waals surface area contributed by atoms with Crippen LogP contribution < -0.4 is 15.4 Å². The zero-order valence-electron chi connectivity index (χ0n) is 20.4. The Bertz CT molecular complexity index is 637. The average molecular weight is 562 g/mol. The molecule has 1 fully saturated rings. The minimum absolute atomic E-state index is 0. The maximum Gasteiger partial charge on any atom is 0.191 e. The number of rotatable bonds is 13. The second-order valence-electron chi connectivity index (χ2n) is 8.09. The monoisotopic (exact) mass is 561 g/mol. The molecule has 0 aromatic heterocycles. The van der Waals surface area contributed by atoms with Crippen LogP contribution in [-0.2, 0) is 11.3 Å². The van der Waals surface area contributed by atoms with E-state index in [2.05, 4.69) is 58.3 Å². The van der Waals surface area contributed by atoms with Gasteiger partial charge in [0, 0.05) is 39.3 Å². The maximum atomic E-state index is 5.97. The number of benzene rings is 1. The number of aliphatic imine (C=N–C) groups is 1. The molecule has 1 aromatic carbocycles. The van der Waals surface area contributed by atoms with Gasteiger partial charge in [-0.25, -0.2) is 0 Å². The van der Waals surface area contributed by atoms with Gasteiger partial charge in [0.25, 0.3) is 0 Å². The Morgan fingerprint density at radius 2 is 2.00 bits per heavy atom. The lowest BCUT2D eigenvalue weighted by atomic mass is 10.2. The topological polar surface area (TPSA) is 61.4 Å². The highest BCUT2D eigenvalue weighted by Gasteiger charge is 2.10. The van der Waals surface area contributed by atoms with Crippen LogP contribution in [-0.4, -0.2) is 87.9 Å². The molecule has 2 rings (SSSR count). The summed E-state index contributed by atoms with van der Waals surface area (Å²) in [5.74, 6) is 1.76. The van der Waals surface area contributed by atoms with Crippen LogP contribution in [0.2, 0.25) is 0 Å². The number of hydrogen-bond acceptors (Lipinski definition) is 5. The molecule has 184 valence electrons. The molecule has 1 aromatic rings. The fourth-order valence-corrected chi connectivity index (χ4v) is 3.71. The number of nitrogens with one attached hydrogen (secondary N) is 2. The van der Waals surface area contributed by atoms with E-state index in [-0.39, 0.29) is 24.0 Å². The fourth-order valence-electron chi connectivity index (χ4n) is 3.71. The van der Waals surface area contributed by atoms with E-state index in [0.717, 1.165) is 70.6 Å². The van der Waals surface area contributed by atoms with Crippen molar-refractivity contribution in [1.82, 2.24) is 20.4 Å². The molecular weight excluding hydrogens is 517 g/mol. The summed E-state index contributed by atoms with van der Waals surface area (Å²) >= 11 is 0. The number of ether oxygens (including phenoxy) is 2. The molecule has 1 aliphatic rings. The lowest BCUT2D eigenvalue weighted by molar-refractivity contribution is 0.0322. The molecule has 32 heavy (non-hydrogen) atoms. The molecule has 1 saturated heterocycles. The molecule has 0 aliphatic carbocycles. The smallest absolute Gasteiger partial charge is 0.191 e. The Labute approximate surface area is 212 Å². The highest BCUT2D eigenvalue weighted by Crippen LogP contribution is 2.13. The molecular formula is C24H44IN5O2. The minimum Gasteiger partial charge on any atom is -0.492 e. The molecule has 0 radical (unpaired) electrons. The number of hydrogen-bond donors (Lipinski definition) is 2. The SMILES string of the molecule is CCN(CC)CCCC(C)NC(=NC)NCc1cccc(OCCN2CCOCC2)c1.I. The van der Waals surface area contributed by atoms with E-state index in [0.29, 0.717) is 19.2 Å². The minimum atomic E-state index is 0. The number of nitrogens with zero attached hydrogens (tertiary/aromatic N) is 3. The van der Waals surface area contributed by atoms with Gasteiger partial charge >= 0.3 is 0 Å². The Hall–Kier alpha value is -1.10. The largest absolute Gasteiger partial charge is 0.492 e. The molecule has 1 unspecified atom stereocenters. The number of morpholine rings is 1. The van der Waals surface area contributed by atoms with Gasteiger partial charge in [-0.2, -0.15) is 0 Å². The van der Waals surface area contributed by atoms with E-state index in [4.69, 9.17) is 9.47 Å². The van der Waals surface area contributed by atoms with Crippen molar-refractivity contribution in [3.63, 3.8) is 0 Å². The van der Waals surface area contributed by atoms with Gasteiger partial charge in [0.15, 0.2) is 5.96 Å². The second-order valence-corrected chi connectivity index (χ2v) is 8.09. The maximum absolute atomic E-state index is 5.97. The quantitative estimate of drug-likeness (QED) is 0.219. The Balaban J connectivity index is 0.00000512. The van der Waals surface area contributed by atoms with Crippen molar-refractivity contribution in [1.29, 1.82) is 0 Å². The Kier molecular flexibility index (Phi) is 15.7. The Morgan fingerprint density at radius 3 is 2.69 bits per heavy atom. The molecule has 1 heterocycles. The van der Waals surface area contributed by atoms with Crippen LogP contribution in [0, 0.1) is 0 Å². The molecule has 0 bridgehead atoms. The van der Waals surface area contributed by atoms with Crippen molar-refractivity contribution in [3.8, 4) is 5.75 Å². The third-order valence-corrected chi connectivity index (χ3v) is 5.75. The summed E-state index contributed by atoms with van der Waals surface area (Å²) in [5, 5.41) is 6.93. The van der Waals surface area contributed by atoms with Crippen LogP contribution in [0.5, 0.6) is 5.75 Å². The summed E-state index contributed by atoms with van der Waals surface area (Å²) in [7, 11) is 1.82. The van der Waals surface area contributed by atoms with Crippen LogP contribution in [0.4, 0.5) is 0 Å². The van der Waals surface area contributed by atoms with E-state index < -0.39 is 0 Å². The lowest BCUT2D eigenvalue weighted by Gasteiger charge is -2.26. The van der Waals surface area contributed by atoms with Crippen molar-refractivity contribution in [3.05, 3.63) is 29.8 Å². The third kappa shape index (κ3) is 11.7. The van der Waals surface area contributed by atoms with E-state index in [1.165, 1.54) is 12.0 Å². The fraction of sp³-hybridized carbons (Fsp3) is 0.708. The number of halogens is 1. The number of guanidine groups is 1. The van der Waals surface area contributed by atoms with Gasteiger partial charge in [0.1, 0.15) is 12.4 Å². The second kappa shape index (κ2) is 17.4. The van der Waals surface area contributed by atoms with Crippen LogP contribution in [0.1, 0.15) is 39.2 Å². The van der Waals surface area contributed by atoms with Gasteiger partial charge in [0.2, 0.25) is 0 Å². The first-order valence-corrected chi connectivity index (χ1v) is 11.9. The Morgan fingerprint density at radius 1 is 1.25 bits per heavy atom. The first kappa shape index (κ1) is 28.9. The van der Waals surface area contributed by atoms with Crippen LogP contribution in [0.25, 0.3) is 0 Å². The average Bonchev–Trinajstić information content (AvgIpc) is 2.80. The van der Waals surface area contributed by atoms with Gasteiger partial charge in [0.05, 0.1) is 13.2 Å². The highest BCUT2D eigenvalue weighted by atomic mass is 127. The first-order valence-electron chi connectivity index (χ1n) is 11.9. The zero-order valence-corrected chi connectivity index (χ0v) is 22.8. The normalized spacial score (nSPS) is 15.8. The summed E-state index contributed by atoms with van der Waals surface area (Å²) in [6, 6.07) is 8.67. The molecule has 0 amide bonds. The van der Waals surface area contributed by atoms with E-state index >= 15 is 0 Å². The third-order valence-electron chi connectivity index (χ3n) is 5.75. The highest BCUT2D eigenvalue weighted by molar-refractivity contribution is 14.0. The molecule has 1 aliphatic heterocycles. The van der Waals surface area contributed by atoms with Crippen molar-refractivity contribution in [2.24, 2.45) is 4.99 Å². The molecule has 2 N–H and O–H groups in total. The van der Waals surface area contributed by atoms with E-state index in [1.807, 2.05) is 19.2 Å².